The number of carbonyl (C=O) groups excluding carboxylic acids is 1. The lowest BCUT2D eigenvalue weighted by molar-refractivity contribution is -0.151. The standard InChI is InChI=1S/C20H28F3N3O2/c21-20(22,23)15-25-8-6-17(7-9-25)19(28)26-12-10-24(11-13-26)14-18(27)16-4-2-1-3-5-16/h1-5,17-18,27H,6-15H2. The summed E-state index contributed by atoms with van der Waals surface area (Å²) < 4.78 is 37.4. The van der Waals surface area contributed by atoms with Crippen LogP contribution in [0.5, 0.6) is 0 Å². The SMILES string of the molecule is O=C(C1CCN(CC(F)(F)F)CC1)N1CCN(CC(O)c2ccccc2)CC1. The third-order valence-corrected chi connectivity index (χ3v) is 5.64. The number of halogens is 3. The molecule has 2 aliphatic heterocycles. The molecule has 1 unspecified atom stereocenters. The number of carbonyl (C=O) groups is 1. The topological polar surface area (TPSA) is 47.0 Å². The van der Waals surface area contributed by atoms with E-state index >= 15 is 0 Å². The van der Waals surface area contributed by atoms with Gasteiger partial charge in [0, 0.05) is 38.6 Å². The Morgan fingerprint density at radius 2 is 1.61 bits per heavy atom. The Labute approximate surface area is 163 Å². The van der Waals surface area contributed by atoms with E-state index in [0.717, 1.165) is 5.56 Å². The summed E-state index contributed by atoms with van der Waals surface area (Å²) in [5, 5.41) is 10.4. The van der Waals surface area contributed by atoms with Gasteiger partial charge in [-0.15, -0.1) is 0 Å². The van der Waals surface area contributed by atoms with Gasteiger partial charge in [0.25, 0.3) is 0 Å². The lowest BCUT2D eigenvalue weighted by Crippen LogP contribution is -2.52. The van der Waals surface area contributed by atoms with Crippen LogP contribution in [0.4, 0.5) is 13.2 Å². The number of nitrogens with zero attached hydrogens (tertiary/aromatic N) is 3. The Morgan fingerprint density at radius 1 is 1.00 bits per heavy atom. The number of alkyl halides is 3. The second-order valence-electron chi connectivity index (χ2n) is 7.72. The molecule has 1 aromatic rings. The summed E-state index contributed by atoms with van der Waals surface area (Å²) in [4.78, 5) is 18.1. The molecule has 1 atom stereocenters. The van der Waals surface area contributed by atoms with Crippen molar-refractivity contribution < 1.29 is 23.1 Å². The van der Waals surface area contributed by atoms with Crippen LogP contribution in [0.25, 0.3) is 0 Å². The minimum atomic E-state index is -4.18. The highest BCUT2D eigenvalue weighted by Crippen LogP contribution is 2.24. The number of β-amino-alcohol motifs (C(OH)–C–C–N with tert-alkyl or cyclic N) is 1. The van der Waals surface area contributed by atoms with Gasteiger partial charge in [0.15, 0.2) is 0 Å². The number of likely N-dealkylation sites (tertiary alicyclic amines) is 1. The number of hydrogen-bond acceptors (Lipinski definition) is 4. The maximum Gasteiger partial charge on any atom is 0.401 e. The van der Waals surface area contributed by atoms with Gasteiger partial charge in [-0.3, -0.25) is 14.6 Å². The molecule has 1 N–H and O–H groups in total. The van der Waals surface area contributed by atoms with Crippen molar-refractivity contribution in [3.63, 3.8) is 0 Å². The second kappa shape index (κ2) is 9.24. The first-order valence-corrected chi connectivity index (χ1v) is 9.85. The molecule has 156 valence electrons. The molecule has 0 radical (unpaired) electrons. The van der Waals surface area contributed by atoms with Crippen LogP contribution >= 0.6 is 0 Å². The van der Waals surface area contributed by atoms with Crippen molar-refractivity contribution in [2.75, 3.05) is 52.4 Å². The fourth-order valence-corrected chi connectivity index (χ4v) is 4.03. The van der Waals surface area contributed by atoms with Gasteiger partial charge < -0.3 is 10.0 Å². The molecule has 2 heterocycles. The molecule has 28 heavy (non-hydrogen) atoms. The molecule has 2 saturated heterocycles. The van der Waals surface area contributed by atoms with Crippen LogP contribution in [0.3, 0.4) is 0 Å². The molecular formula is C20H28F3N3O2. The predicted octanol–water partition coefficient (Wildman–Crippen LogP) is 2.14. The van der Waals surface area contributed by atoms with E-state index in [1.807, 2.05) is 35.2 Å². The highest BCUT2D eigenvalue weighted by atomic mass is 19.4. The van der Waals surface area contributed by atoms with Crippen molar-refractivity contribution >= 4 is 5.91 Å². The number of benzene rings is 1. The molecule has 2 fully saturated rings. The van der Waals surface area contributed by atoms with Crippen molar-refractivity contribution in [2.45, 2.75) is 25.1 Å². The summed E-state index contributed by atoms with van der Waals surface area (Å²) in [6.45, 7) is 2.87. The lowest BCUT2D eigenvalue weighted by Gasteiger charge is -2.39. The second-order valence-corrected chi connectivity index (χ2v) is 7.72. The molecule has 1 amide bonds. The van der Waals surface area contributed by atoms with Gasteiger partial charge in [-0.25, -0.2) is 0 Å². The zero-order valence-electron chi connectivity index (χ0n) is 15.9. The summed E-state index contributed by atoms with van der Waals surface area (Å²) in [5.74, 6) is -0.110. The summed E-state index contributed by atoms with van der Waals surface area (Å²) in [5.41, 5.74) is 0.881. The smallest absolute Gasteiger partial charge is 0.387 e. The minimum absolute atomic E-state index is 0.0647. The Morgan fingerprint density at radius 3 is 2.18 bits per heavy atom. The van der Waals surface area contributed by atoms with E-state index < -0.39 is 18.8 Å². The minimum Gasteiger partial charge on any atom is -0.387 e. The first-order valence-electron chi connectivity index (χ1n) is 9.85. The summed E-state index contributed by atoms with van der Waals surface area (Å²) in [7, 11) is 0. The number of amides is 1. The van der Waals surface area contributed by atoms with Crippen molar-refractivity contribution in [1.29, 1.82) is 0 Å². The van der Waals surface area contributed by atoms with Crippen LogP contribution in [-0.4, -0.2) is 84.2 Å². The number of aliphatic hydroxyl groups is 1. The van der Waals surface area contributed by atoms with Gasteiger partial charge in [0.05, 0.1) is 12.6 Å². The Bertz CT molecular complexity index is 625. The van der Waals surface area contributed by atoms with Crippen molar-refractivity contribution in [1.82, 2.24) is 14.7 Å². The van der Waals surface area contributed by atoms with Crippen LogP contribution in [-0.2, 0) is 4.79 Å². The average Bonchev–Trinajstić information content (AvgIpc) is 2.68. The van der Waals surface area contributed by atoms with Crippen LogP contribution in [0.15, 0.2) is 30.3 Å². The Balaban J connectivity index is 1.41. The van der Waals surface area contributed by atoms with Gasteiger partial charge >= 0.3 is 6.18 Å². The van der Waals surface area contributed by atoms with Gasteiger partial charge in [-0.1, -0.05) is 30.3 Å². The monoisotopic (exact) mass is 399 g/mol. The quantitative estimate of drug-likeness (QED) is 0.824. The van der Waals surface area contributed by atoms with Crippen molar-refractivity contribution in [3.05, 3.63) is 35.9 Å². The summed E-state index contributed by atoms with van der Waals surface area (Å²) in [6, 6.07) is 9.50. The predicted molar refractivity (Wildman–Crippen MR) is 99.6 cm³/mol. The van der Waals surface area contributed by atoms with Gasteiger partial charge in [0.2, 0.25) is 5.91 Å². The molecule has 0 aromatic heterocycles. The molecule has 8 heteroatoms. The largest absolute Gasteiger partial charge is 0.401 e. The number of rotatable bonds is 5. The zero-order chi connectivity index (χ0) is 20.1. The van der Waals surface area contributed by atoms with E-state index in [1.54, 1.807) is 0 Å². The fourth-order valence-electron chi connectivity index (χ4n) is 4.03. The molecular weight excluding hydrogens is 371 g/mol. The summed E-state index contributed by atoms with van der Waals surface area (Å²) >= 11 is 0. The highest BCUT2D eigenvalue weighted by Gasteiger charge is 2.35. The van der Waals surface area contributed by atoms with E-state index in [2.05, 4.69) is 4.90 Å². The van der Waals surface area contributed by atoms with Crippen molar-refractivity contribution in [3.8, 4) is 0 Å². The van der Waals surface area contributed by atoms with E-state index in [1.165, 1.54) is 4.90 Å². The van der Waals surface area contributed by atoms with E-state index in [4.69, 9.17) is 0 Å². The van der Waals surface area contributed by atoms with Gasteiger partial charge in [-0.05, 0) is 31.5 Å². The van der Waals surface area contributed by atoms with E-state index in [9.17, 15) is 23.1 Å². The van der Waals surface area contributed by atoms with Crippen LogP contribution < -0.4 is 0 Å². The van der Waals surface area contributed by atoms with E-state index in [-0.39, 0.29) is 11.8 Å². The molecule has 5 nitrogen and oxygen atoms in total. The van der Waals surface area contributed by atoms with Gasteiger partial charge in [0.1, 0.15) is 0 Å². The number of aliphatic hydroxyl groups excluding tert-OH is 1. The molecule has 2 aliphatic rings. The first-order chi connectivity index (χ1) is 13.3. The van der Waals surface area contributed by atoms with Crippen molar-refractivity contribution in [2.24, 2.45) is 5.92 Å². The van der Waals surface area contributed by atoms with E-state index in [0.29, 0.717) is 58.7 Å². The molecule has 0 bridgehead atoms. The number of hydrogen-bond donors (Lipinski definition) is 1. The average molecular weight is 399 g/mol. The van der Waals surface area contributed by atoms with Crippen LogP contribution in [0.2, 0.25) is 0 Å². The van der Waals surface area contributed by atoms with Crippen LogP contribution in [0, 0.1) is 5.92 Å². The third-order valence-electron chi connectivity index (χ3n) is 5.64. The normalized spacial score (nSPS) is 21.6. The Hall–Kier alpha value is -1.64. The third kappa shape index (κ3) is 5.93. The maximum absolute atomic E-state index is 12.7. The van der Waals surface area contributed by atoms with Crippen LogP contribution in [0.1, 0.15) is 24.5 Å². The molecule has 0 spiro atoms. The zero-order valence-corrected chi connectivity index (χ0v) is 15.9. The number of piperazine rings is 1. The molecule has 1 aromatic carbocycles. The van der Waals surface area contributed by atoms with Gasteiger partial charge in [-0.2, -0.15) is 13.2 Å². The molecule has 0 aliphatic carbocycles. The number of piperidine rings is 1. The first kappa shape index (κ1) is 21.1. The fraction of sp³-hybridized carbons (Fsp3) is 0.650. The Kier molecular flexibility index (Phi) is 6.95. The molecule has 3 rings (SSSR count). The highest BCUT2D eigenvalue weighted by molar-refractivity contribution is 5.79. The summed E-state index contributed by atoms with van der Waals surface area (Å²) in [6.07, 6.45) is -3.76. The maximum atomic E-state index is 12.7. The lowest BCUT2D eigenvalue weighted by atomic mass is 9.95. The molecule has 0 saturated carbocycles.